The lowest BCUT2D eigenvalue weighted by atomic mass is 9.95. The van der Waals surface area contributed by atoms with Crippen molar-refractivity contribution in [2.45, 2.75) is 38.3 Å². The van der Waals surface area contributed by atoms with E-state index in [0.29, 0.717) is 34.5 Å². The van der Waals surface area contributed by atoms with E-state index in [4.69, 9.17) is 26.8 Å². The van der Waals surface area contributed by atoms with Gasteiger partial charge in [0.05, 0.1) is 23.4 Å². The Balaban J connectivity index is 1.16. The number of likely N-dealkylation sites (tertiary alicyclic amines) is 2. The van der Waals surface area contributed by atoms with E-state index in [1.54, 1.807) is 12.1 Å². The van der Waals surface area contributed by atoms with E-state index >= 15 is 0 Å². The second-order valence-electron chi connectivity index (χ2n) is 9.59. The van der Waals surface area contributed by atoms with Crippen molar-refractivity contribution in [2.75, 3.05) is 45.6 Å². The van der Waals surface area contributed by atoms with Gasteiger partial charge in [0.1, 0.15) is 12.4 Å². The lowest BCUT2D eigenvalue weighted by Gasteiger charge is -2.37. The van der Waals surface area contributed by atoms with Crippen LogP contribution in [0.4, 0.5) is 10.5 Å². The molecule has 8 nitrogen and oxygen atoms in total. The van der Waals surface area contributed by atoms with Crippen molar-refractivity contribution in [2.24, 2.45) is 5.92 Å². The number of nitrogens with one attached hydrogen (secondary N) is 1. The lowest BCUT2D eigenvalue weighted by molar-refractivity contribution is 0.0734. The molecule has 0 aromatic heterocycles. The van der Waals surface area contributed by atoms with Crippen molar-refractivity contribution >= 4 is 29.3 Å². The van der Waals surface area contributed by atoms with Crippen molar-refractivity contribution < 1.29 is 19.1 Å². The predicted octanol–water partition coefficient (Wildman–Crippen LogP) is 4.17. The summed E-state index contributed by atoms with van der Waals surface area (Å²) >= 11 is 6.11. The quantitative estimate of drug-likeness (QED) is 0.538. The zero-order valence-electron chi connectivity index (χ0n) is 20.7. The van der Waals surface area contributed by atoms with Gasteiger partial charge in [-0.15, -0.1) is 0 Å². The molecule has 2 saturated heterocycles. The maximum atomic E-state index is 12.8. The van der Waals surface area contributed by atoms with E-state index in [9.17, 15) is 9.59 Å². The number of nitrogens with zero attached hydrogens (tertiary/aromatic N) is 2. The summed E-state index contributed by atoms with van der Waals surface area (Å²) in [7, 11) is 1.51. The van der Waals surface area contributed by atoms with Gasteiger partial charge in [-0.2, -0.15) is 0 Å². The number of nitrogen functional groups attached to an aromatic ring is 1. The first-order chi connectivity index (χ1) is 17.4. The van der Waals surface area contributed by atoms with Crippen LogP contribution in [-0.2, 0) is 11.3 Å². The molecule has 2 fully saturated rings. The Hall–Kier alpha value is -2.97. The van der Waals surface area contributed by atoms with Crippen molar-refractivity contribution in [1.82, 2.24) is 15.1 Å². The van der Waals surface area contributed by atoms with E-state index in [0.717, 1.165) is 64.0 Å². The fourth-order valence-electron chi connectivity index (χ4n) is 4.91. The van der Waals surface area contributed by atoms with Gasteiger partial charge in [0.2, 0.25) is 0 Å². The van der Waals surface area contributed by atoms with E-state index in [2.05, 4.69) is 10.2 Å². The highest BCUT2D eigenvalue weighted by molar-refractivity contribution is 6.33. The third-order valence-corrected chi connectivity index (χ3v) is 7.41. The number of carbonyl (C=O) groups excluding carboxylic acids is 2. The summed E-state index contributed by atoms with van der Waals surface area (Å²) < 4.78 is 10.8. The Kier molecular flexibility index (Phi) is 8.93. The Morgan fingerprint density at radius 3 is 2.42 bits per heavy atom. The van der Waals surface area contributed by atoms with Gasteiger partial charge in [-0.3, -0.25) is 4.79 Å². The number of rotatable bonds is 7. The number of carbonyl (C=O) groups is 2. The number of benzene rings is 2. The molecule has 2 aromatic carbocycles. The van der Waals surface area contributed by atoms with Crippen LogP contribution in [0, 0.1) is 5.92 Å². The predicted molar refractivity (Wildman–Crippen MR) is 140 cm³/mol. The van der Waals surface area contributed by atoms with Crippen LogP contribution < -0.4 is 15.8 Å². The van der Waals surface area contributed by atoms with E-state index in [-0.39, 0.29) is 18.0 Å². The van der Waals surface area contributed by atoms with Crippen LogP contribution in [0.3, 0.4) is 0 Å². The number of hydrogen-bond acceptors (Lipinski definition) is 6. The average molecular weight is 515 g/mol. The topological polar surface area (TPSA) is 97.1 Å². The molecule has 36 heavy (non-hydrogen) atoms. The molecule has 0 aliphatic carbocycles. The molecule has 2 amide bonds. The summed E-state index contributed by atoms with van der Waals surface area (Å²) in [5.74, 6) is 0.788. The van der Waals surface area contributed by atoms with Crippen LogP contribution in [-0.4, -0.2) is 67.7 Å². The van der Waals surface area contributed by atoms with Crippen LogP contribution >= 0.6 is 11.6 Å². The summed E-state index contributed by atoms with van der Waals surface area (Å²) in [4.78, 5) is 29.5. The monoisotopic (exact) mass is 514 g/mol. The number of hydrogen-bond donors (Lipinski definition) is 2. The first-order valence-corrected chi connectivity index (χ1v) is 12.9. The number of piperidine rings is 2. The Labute approximate surface area is 217 Å². The van der Waals surface area contributed by atoms with Crippen molar-refractivity contribution in [3.8, 4) is 5.75 Å². The largest absolute Gasteiger partial charge is 0.496 e. The first-order valence-electron chi connectivity index (χ1n) is 12.5. The summed E-state index contributed by atoms with van der Waals surface area (Å²) in [6.07, 6.45) is 3.51. The number of halogens is 1. The number of amides is 2. The zero-order valence-corrected chi connectivity index (χ0v) is 21.5. The molecule has 2 aromatic rings. The number of anilines is 1. The Morgan fingerprint density at radius 1 is 1.06 bits per heavy atom. The minimum Gasteiger partial charge on any atom is -0.496 e. The molecular weight excluding hydrogens is 480 g/mol. The van der Waals surface area contributed by atoms with Gasteiger partial charge in [0.15, 0.2) is 0 Å². The molecule has 2 aliphatic rings. The third kappa shape index (κ3) is 6.83. The van der Waals surface area contributed by atoms with Gasteiger partial charge in [0.25, 0.3) is 5.91 Å². The smallest absolute Gasteiger partial charge is 0.410 e. The normalized spacial score (nSPS) is 17.6. The molecule has 0 atom stereocenters. The van der Waals surface area contributed by atoms with E-state index in [1.807, 2.05) is 35.2 Å². The Morgan fingerprint density at radius 2 is 1.75 bits per heavy atom. The van der Waals surface area contributed by atoms with Crippen LogP contribution in [0.2, 0.25) is 5.02 Å². The molecule has 194 valence electrons. The van der Waals surface area contributed by atoms with Crippen LogP contribution in [0.5, 0.6) is 5.75 Å². The first kappa shape index (κ1) is 26.1. The highest BCUT2D eigenvalue weighted by Gasteiger charge is 2.28. The van der Waals surface area contributed by atoms with Crippen molar-refractivity contribution in [3.05, 3.63) is 58.6 Å². The maximum Gasteiger partial charge on any atom is 0.410 e. The molecule has 3 N–H and O–H groups in total. The number of methoxy groups -OCH3 is 1. The van der Waals surface area contributed by atoms with Crippen molar-refractivity contribution in [3.63, 3.8) is 0 Å². The zero-order chi connectivity index (χ0) is 25.5. The molecular formula is C27H35ClN4O4. The lowest BCUT2D eigenvalue weighted by Crippen LogP contribution is -2.47. The molecule has 9 heteroatoms. The molecule has 4 rings (SSSR count). The molecule has 0 unspecified atom stereocenters. The van der Waals surface area contributed by atoms with Gasteiger partial charge in [-0.1, -0.05) is 41.9 Å². The van der Waals surface area contributed by atoms with Gasteiger partial charge in [-0.05, 0) is 43.2 Å². The van der Waals surface area contributed by atoms with E-state index < -0.39 is 0 Å². The minimum absolute atomic E-state index is 0.107. The number of nitrogens with two attached hydrogens (primary N) is 1. The average Bonchev–Trinajstić information content (AvgIpc) is 2.90. The molecule has 0 bridgehead atoms. The van der Waals surface area contributed by atoms with E-state index in [1.165, 1.54) is 7.11 Å². The molecule has 0 saturated carbocycles. The van der Waals surface area contributed by atoms with Gasteiger partial charge in [-0.25, -0.2) is 4.79 Å². The van der Waals surface area contributed by atoms with Crippen LogP contribution in [0.25, 0.3) is 0 Å². The molecule has 2 heterocycles. The molecule has 2 aliphatic heterocycles. The van der Waals surface area contributed by atoms with Crippen LogP contribution in [0.15, 0.2) is 42.5 Å². The summed E-state index contributed by atoms with van der Waals surface area (Å²) in [5, 5.41) is 3.46. The minimum atomic E-state index is -0.229. The summed E-state index contributed by atoms with van der Waals surface area (Å²) in [5.41, 5.74) is 7.60. The maximum absolute atomic E-state index is 12.8. The molecule has 0 radical (unpaired) electrons. The van der Waals surface area contributed by atoms with Crippen molar-refractivity contribution in [1.29, 1.82) is 0 Å². The second kappa shape index (κ2) is 12.3. The number of ether oxygens (including phenoxy) is 2. The second-order valence-corrected chi connectivity index (χ2v) is 10.0. The summed E-state index contributed by atoms with van der Waals surface area (Å²) in [6, 6.07) is 13.0. The third-order valence-electron chi connectivity index (χ3n) is 7.08. The highest BCUT2D eigenvalue weighted by Crippen LogP contribution is 2.29. The standard InChI is InChI=1S/C27H35ClN4O4/c1-35-25-16-24(29)23(28)15-22(25)26(33)30-21-9-11-31(12-10-21)17-19-7-13-32(14-8-19)27(34)36-18-20-5-3-2-4-6-20/h2-6,15-16,19,21H,7-14,17-18,29H2,1H3,(H,30,33). The fraction of sp³-hybridized carbons (Fsp3) is 0.481. The molecule has 0 spiro atoms. The SMILES string of the molecule is COc1cc(N)c(Cl)cc1C(=O)NC1CCN(CC2CCN(C(=O)OCc3ccccc3)CC2)CC1. The van der Waals surface area contributed by atoms with Gasteiger partial charge >= 0.3 is 6.09 Å². The van der Waals surface area contributed by atoms with Gasteiger partial charge in [0, 0.05) is 44.8 Å². The Bertz CT molecular complexity index is 1040. The summed E-state index contributed by atoms with van der Waals surface area (Å²) in [6.45, 7) is 4.67. The highest BCUT2D eigenvalue weighted by atomic mass is 35.5. The van der Waals surface area contributed by atoms with Crippen LogP contribution in [0.1, 0.15) is 41.6 Å². The fourth-order valence-corrected chi connectivity index (χ4v) is 5.08. The van der Waals surface area contributed by atoms with Gasteiger partial charge < -0.3 is 30.3 Å².